The molecule has 0 aliphatic heterocycles. The van der Waals surface area contributed by atoms with Crippen LogP contribution in [0.3, 0.4) is 0 Å². The fraction of sp³-hybridized carbons (Fsp3) is 0.250. The highest BCUT2D eigenvalue weighted by Crippen LogP contribution is 2.22. The van der Waals surface area contributed by atoms with Crippen molar-refractivity contribution in [2.75, 3.05) is 7.05 Å². The first-order chi connectivity index (χ1) is 11.5. The second kappa shape index (κ2) is 7.11. The first-order valence-corrected chi connectivity index (χ1v) is 8.54. The van der Waals surface area contributed by atoms with Gasteiger partial charge in [-0.15, -0.1) is 21.5 Å². The van der Waals surface area contributed by atoms with E-state index in [1.807, 2.05) is 43.3 Å². The Hall–Kier alpha value is -2.25. The Morgan fingerprint density at radius 1 is 1.25 bits per heavy atom. The average molecular weight is 362 g/mol. The van der Waals surface area contributed by atoms with Crippen molar-refractivity contribution in [2.45, 2.75) is 20.0 Å². The van der Waals surface area contributed by atoms with Crippen LogP contribution in [0.1, 0.15) is 10.4 Å². The van der Waals surface area contributed by atoms with Crippen LogP contribution in [-0.4, -0.2) is 38.1 Å². The van der Waals surface area contributed by atoms with Crippen LogP contribution in [0.4, 0.5) is 0 Å². The van der Waals surface area contributed by atoms with Gasteiger partial charge in [-0.1, -0.05) is 41.4 Å². The van der Waals surface area contributed by atoms with E-state index in [1.54, 1.807) is 11.9 Å². The largest absolute Gasteiger partial charge is 0.339 e. The van der Waals surface area contributed by atoms with E-state index in [2.05, 4.69) is 15.4 Å². The molecule has 24 heavy (non-hydrogen) atoms. The smallest absolute Gasteiger partial charge is 0.246 e. The lowest BCUT2D eigenvalue weighted by molar-refractivity contribution is -0.131. The standard InChI is InChI=1S/C16H16ClN5OS/c1-11-3-5-12(6-4-11)16-18-20-22(19-16)10-15(23)21(2)9-13-7-8-14(17)24-13/h3-8H,9-10H2,1-2H3. The number of carbonyl (C=O) groups is 1. The van der Waals surface area contributed by atoms with Gasteiger partial charge in [0.05, 0.1) is 10.9 Å². The van der Waals surface area contributed by atoms with Gasteiger partial charge in [0.1, 0.15) is 6.54 Å². The summed E-state index contributed by atoms with van der Waals surface area (Å²) in [5.74, 6) is 0.419. The Morgan fingerprint density at radius 2 is 2.00 bits per heavy atom. The third-order valence-electron chi connectivity index (χ3n) is 3.49. The Kier molecular flexibility index (Phi) is 4.92. The van der Waals surface area contributed by atoms with E-state index in [-0.39, 0.29) is 12.5 Å². The molecule has 0 unspecified atom stereocenters. The lowest BCUT2D eigenvalue weighted by Gasteiger charge is -2.15. The molecule has 0 N–H and O–H groups in total. The Labute approximate surface area is 148 Å². The van der Waals surface area contributed by atoms with E-state index in [1.165, 1.54) is 16.1 Å². The molecule has 0 aliphatic carbocycles. The van der Waals surface area contributed by atoms with Crippen LogP contribution in [-0.2, 0) is 17.9 Å². The van der Waals surface area contributed by atoms with Gasteiger partial charge in [-0.2, -0.15) is 4.80 Å². The van der Waals surface area contributed by atoms with Crippen molar-refractivity contribution >= 4 is 28.8 Å². The van der Waals surface area contributed by atoms with E-state index in [9.17, 15) is 4.79 Å². The molecule has 0 saturated carbocycles. The van der Waals surface area contributed by atoms with Crippen LogP contribution >= 0.6 is 22.9 Å². The molecular formula is C16H16ClN5OS. The third kappa shape index (κ3) is 3.98. The van der Waals surface area contributed by atoms with Crippen molar-refractivity contribution in [3.05, 3.63) is 51.2 Å². The van der Waals surface area contributed by atoms with Crippen molar-refractivity contribution in [1.29, 1.82) is 0 Å². The number of aromatic nitrogens is 4. The predicted molar refractivity (Wildman–Crippen MR) is 93.8 cm³/mol. The maximum atomic E-state index is 12.3. The Morgan fingerprint density at radius 3 is 2.67 bits per heavy atom. The molecule has 1 aromatic carbocycles. The van der Waals surface area contributed by atoms with Crippen LogP contribution < -0.4 is 0 Å². The highest BCUT2D eigenvalue weighted by Gasteiger charge is 2.14. The highest BCUT2D eigenvalue weighted by atomic mass is 35.5. The van der Waals surface area contributed by atoms with Gasteiger partial charge in [0.25, 0.3) is 0 Å². The summed E-state index contributed by atoms with van der Waals surface area (Å²) in [5.41, 5.74) is 2.04. The quantitative estimate of drug-likeness (QED) is 0.700. The second-order valence-electron chi connectivity index (χ2n) is 5.47. The molecule has 0 fully saturated rings. The van der Waals surface area contributed by atoms with Crippen LogP contribution in [0.15, 0.2) is 36.4 Å². The van der Waals surface area contributed by atoms with Gasteiger partial charge in [-0.25, -0.2) is 0 Å². The van der Waals surface area contributed by atoms with Gasteiger partial charge in [0, 0.05) is 17.5 Å². The molecule has 0 bridgehead atoms. The molecule has 3 rings (SSSR count). The predicted octanol–water partition coefficient (Wildman–Crippen LogP) is 3.02. The van der Waals surface area contributed by atoms with Crippen LogP contribution in [0, 0.1) is 6.92 Å². The fourth-order valence-electron chi connectivity index (χ4n) is 2.13. The molecule has 0 radical (unpaired) electrons. The topological polar surface area (TPSA) is 63.9 Å². The summed E-state index contributed by atoms with van der Waals surface area (Å²) in [4.78, 5) is 16.3. The highest BCUT2D eigenvalue weighted by molar-refractivity contribution is 7.16. The summed E-state index contributed by atoms with van der Waals surface area (Å²) < 4.78 is 0.714. The lowest BCUT2D eigenvalue weighted by atomic mass is 10.1. The number of benzene rings is 1. The molecule has 2 aromatic heterocycles. The zero-order chi connectivity index (χ0) is 17.1. The molecule has 3 aromatic rings. The summed E-state index contributed by atoms with van der Waals surface area (Å²) >= 11 is 7.37. The van der Waals surface area contributed by atoms with E-state index < -0.39 is 0 Å². The molecule has 0 atom stereocenters. The molecule has 0 aliphatic rings. The average Bonchev–Trinajstić information content (AvgIpc) is 3.17. The van der Waals surface area contributed by atoms with E-state index in [0.717, 1.165) is 16.0 Å². The normalized spacial score (nSPS) is 10.8. The number of aryl methyl sites for hydroxylation is 1. The van der Waals surface area contributed by atoms with E-state index >= 15 is 0 Å². The first-order valence-electron chi connectivity index (χ1n) is 7.34. The molecule has 0 saturated heterocycles. The Bertz CT molecular complexity index is 842. The minimum absolute atomic E-state index is 0.0501. The lowest BCUT2D eigenvalue weighted by Crippen LogP contribution is -2.30. The maximum absolute atomic E-state index is 12.3. The molecule has 124 valence electrons. The van der Waals surface area contributed by atoms with Crippen molar-refractivity contribution in [2.24, 2.45) is 0 Å². The van der Waals surface area contributed by atoms with Crippen LogP contribution in [0.2, 0.25) is 4.34 Å². The van der Waals surface area contributed by atoms with Crippen molar-refractivity contribution in [3.8, 4) is 11.4 Å². The van der Waals surface area contributed by atoms with Gasteiger partial charge >= 0.3 is 0 Å². The zero-order valence-corrected chi connectivity index (χ0v) is 14.9. The SMILES string of the molecule is Cc1ccc(-c2nnn(CC(=O)N(C)Cc3ccc(Cl)s3)n2)cc1. The maximum Gasteiger partial charge on any atom is 0.246 e. The number of thiophene rings is 1. The second-order valence-corrected chi connectivity index (χ2v) is 7.26. The van der Waals surface area contributed by atoms with Gasteiger partial charge in [0.2, 0.25) is 11.7 Å². The Balaban J connectivity index is 1.63. The number of nitrogens with zero attached hydrogens (tertiary/aromatic N) is 5. The molecule has 1 amide bonds. The first kappa shape index (κ1) is 16.6. The summed E-state index contributed by atoms with van der Waals surface area (Å²) in [6.07, 6.45) is 0. The minimum atomic E-state index is -0.0904. The van der Waals surface area contributed by atoms with Gasteiger partial charge in [-0.05, 0) is 24.3 Å². The van der Waals surface area contributed by atoms with E-state index in [4.69, 9.17) is 11.6 Å². The summed E-state index contributed by atoms with van der Waals surface area (Å²) in [6.45, 7) is 2.58. The number of tetrazole rings is 1. The molecule has 2 heterocycles. The molecular weight excluding hydrogens is 346 g/mol. The molecule has 0 spiro atoms. The van der Waals surface area contributed by atoms with Gasteiger partial charge in [0.15, 0.2) is 0 Å². The minimum Gasteiger partial charge on any atom is -0.339 e. The van der Waals surface area contributed by atoms with Crippen LogP contribution in [0.25, 0.3) is 11.4 Å². The van der Waals surface area contributed by atoms with Crippen LogP contribution in [0.5, 0.6) is 0 Å². The summed E-state index contributed by atoms with van der Waals surface area (Å²) in [6, 6.07) is 11.6. The third-order valence-corrected chi connectivity index (χ3v) is 4.70. The molecule has 6 nitrogen and oxygen atoms in total. The molecule has 8 heteroatoms. The fourth-order valence-corrected chi connectivity index (χ4v) is 3.27. The number of halogens is 1. The van der Waals surface area contributed by atoms with Crippen molar-refractivity contribution < 1.29 is 4.79 Å². The van der Waals surface area contributed by atoms with Gasteiger partial charge < -0.3 is 4.90 Å². The monoisotopic (exact) mass is 361 g/mol. The summed E-state index contributed by atoms with van der Waals surface area (Å²) in [7, 11) is 1.74. The number of amides is 1. The zero-order valence-electron chi connectivity index (χ0n) is 13.3. The van der Waals surface area contributed by atoms with Crippen molar-refractivity contribution in [3.63, 3.8) is 0 Å². The number of hydrogen-bond acceptors (Lipinski definition) is 5. The number of likely N-dealkylation sites (N-methyl/N-ethyl adjacent to an activating group) is 1. The summed E-state index contributed by atoms with van der Waals surface area (Å²) in [5, 5.41) is 12.2. The van der Waals surface area contributed by atoms with E-state index in [0.29, 0.717) is 16.7 Å². The number of carbonyl (C=O) groups excluding carboxylic acids is 1. The number of hydrogen-bond donors (Lipinski definition) is 0. The number of rotatable bonds is 5. The van der Waals surface area contributed by atoms with Crippen molar-refractivity contribution in [1.82, 2.24) is 25.1 Å². The van der Waals surface area contributed by atoms with Gasteiger partial charge in [-0.3, -0.25) is 4.79 Å².